The molecule has 46 heavy (non-hydrogen) atoms. The van der Waals surface area contributed by atoms with E-state index in [1.165, 1.54) is 17.9 Å². The number of carbonyl (C=O) groups excluding carboxylic acids is 5. The molecule has 0 saturated carbocycles. The van der Waals surface area contributed by atoms with E-state index in [1.54, 1.807) is 69.3 Å². The van der Waals surface area contributed by atoms with Crippen LogP contribution in [0.25, 0.3) is 0 Å². The highest BCUT2D eigenvalue weighted by atomic mass is 33.1. The predicted octanol–water partition coefficient (Wildman–Crippen LogP) is 3.55. The number of ether oxygens (including phenoxy) is 1. The number of carbonyl (C=O) groups is 5. The van der Waals surface area contributed by atoms with E-state index in [1.807, 2.05) is 0 Å². The summed E-state index contributed by atoms with van der Waals surface area (Å²) < 4.78 is 17.1. The zero-order valence-corrected chi connectivity index (χ0v) is 28.4. The van der Waals surface area contributed by atoms with E-state index in [-0.39, 0.29) is 42.0 Å². The van der Waals surface area contributed by atoms with Gasteiger partial charge in [0.15, 0.2) is 0 Å². The van der Waals surface area contributed by atoms with Crippen molar-refractivity contribution in [3.8, 4) is 5.75 Å². The molecule has 0 bridgehead atoms. The average molecular weight is 673 g/mol. The standard InChI is InChI=1S/C33H44N4O7S2/c1-5-34-33(42)30(39)27(20-22-14-16-23(44-4)17-15-22)36-32(41)29(21(2)3)37-31(40)25-11-7-8-12-26(25)35-28(38)13-9-6-10-24-18-19-45-46(24)43/h7-8,11-12,14-17,21,24,27,29H,5-6,9-10,13,18-20H2,1-4H3,(H,34,42)(H,35,38)(H,36,41)(H,37,40)/t24?,27-,29-,46?/m0/s1. The summed E-state index contributed by atoms with van der Waals surface area (Å²) in [7, 11) is 2.18. The van der Waals surface area contributed by atoms with Crippen LogP contribution in [0, 0.1) is 5.92 Å². The highest BCUT2D eigenvalue weighted by Crippen LogP contribution is 2.29. The molecular formula is C33H44N4O7S2. The van der Waals surface area contributed by atoms with Crippen molar-refractivity contribution >= 4 is 55.7 Å². The molecule has 1 aliphatic heterocycles. The smallest absolute Gasteiger partial charge is 0.289 e. The van der Waals surface area contributed by atoms with Gasteiger partial charge in [-0.25, -0.2) is 4.21 Å². The van der Waals surface area contributed by atoms with Crippen LogP contribution in [0.15, 0.2) is 48.5 Å². The molecule has 0 aromatic heterocycles. The van der Waals surface area contributed by atoms with Crippen LogP contribution >= 0.6 is 10.8 Å². The summed E-state index contributed by atoms with van der Waals surface area (Å²) >= 11 is 0. The van der Waals surface area contributed by atoms with Crippen LogP contribution in [0.4, 0.5) is 5.69 Å². The van der Waals surface area contributed by atoms with Crippen molar-refractivity contribution < 1.29 is 32.9 Å². The molecule has 3 rings (SSSR count). The number of rotatable bonds is 17. The first-order valence-corrected chi connectivity index (χ1v) is 18.2. The van der Waals surface area contributed by atoms with Crippen molar-refractivity contribution in [3.63, 3.8) is 0 Å². The number of ketones is 1. The van der Waals surface area contributed by atoms with Crippen molar-refractivity contribution in [1.82, 2.24) is 16.0 Å². The number of benzene rings is 2. The van der Waals surface area contributed by atoms with Crippen molar-refractivity contribution in [2.75, 3.05) is 24.7 Å². The molecule has 2 unspecified atom stereocenters. The zero-order valence-electron chi connectivity index (χ0n) is 26.8. The summed E-state index contributed by atoms with van der Waals surface area (Å²) in [5.74, 6) is -1.91. The predicted molar refractivity (Wildman–Crippen MR) is 181 cm³/mol. The normalized spacial score (nSPS) is 17.1. The van der Waals surface area contributed by atoms with E-state index >= 15 is 0 Å². The third kappa shape index (κ3) is 11.0. The van der Waals surface area contributed by atoms with Crippen molar-refractivity contribution in [3.05, 3.63) is 59.7 Å². The molecule has 1 fully saturated rings. The molecule has 2 aromatic carbocycles. The number of hydrogen-bond acceptors (Lipinski definition) is 8. The van der Waals surface area contributed by atoms with Crippen molar-refractivity contribution in [2.45, 2.75) is 76.6 Å². The van der Waals surface area contributed by atoms with E-state index in [0.717, 1.165) is 25.0 Å². The van der Waals surface area contributed by atoms with Gasteiger partial charge >= 0.3 is 0 Å². The van der Waals surface area contributed by atoms with Gasteiger partial charge in [-0.2, -0.15) is 0 Å². The highest BCUT2D eigenvalue weighted by molar-refractivity contribution is 8.69. The third-order valence-electron chi connectivity index (χ3n) is 7.57. The third-order valence-corrected chi connectivity index (χ3v) is 11.2. The summed E-state index contributed by atoms with van der Waals surface area (Å²) in [5.41, 5.74) is 1.19. The average Bonchev–Trinajstić information content (AvgIpc) is 3.45. The van der Waals surface area contributed by atoms with Gasteiger partial charge in [-0.1, -0.05) is 55.3 Å². The van der Waals surface area contributed by atoms with Crippen molar-refractivity contribution in [1.29, 1.82) is 0 Å². The van der Waals surface area contributed by atoms with Gasteiger partial charge < -0.3 is 26.0 Å². The summed E-state index contributed by atoms with van der Waals surface area (Å²) in [6.45, 7) is 5.44. The quantitative estimate of drug-likeness (QED) is 0.113. The van der Waals surface area contributed by atoms with Crippen LogP contribution in [-0.4, -0.2) is 70.4 Å². The number of methoxy groups -OCH3 is 1. The first-order valence-electron chi connectivity index (χ1n) is 15.5. The number of para-hydroxylation sites is 1. The van der Waals surface area contributed by atoms with Crippen LogP contribution in [0.2, 0.25) is 0 Å². The fourth-order valence-corrected chi connectivity index (χ4v) is 8.48. The van der Waals surface area contributed by atoms with E-state index in [4.69, 9.17) is 4.74 Å². The number of amides is 4. The molecule has 1 heterocycles. The Bertz CT molecular complexity index is 1400. The summed E-state index contributed by atoms with van der Waals surface area (Å²) in [6, 6.07) is 11.2. The Balaban J connectivity index is 1.67. The Morgan fingerprint density at radius 3 is 2.35 bits per heavy atom. The minimum absolute atomic E-state index is 0.0524. The lowest BCUT2D eigenvalue weighted by atomic mass is 9.98. The van der Waals surface area contributed by atoms with Crippen molar-refractivity contribution in [2.24, 2.45) is 5.92 Å². The molecule has 0 spiro atoms. The lowest BCUT2D eigenvalue weighted by Crippen LogP contribution is -2.56. The second-order valence-corrected chi connectivity index (χ2v) is 14.9. The molecule has 2 aromatic rings. The second kappa shape index (κ2) is 18.4. The summed E-state index contributed by atoms with van der Waals surface area (Å²) in [4.78, 5) is 65.2. The Labute approximate surface area is 276 Å². The van der Waals surface area contributed by atoms with Gasteiger partial charge in [-0.3, -0.25) is 24.0 Å². The monoisotopic (exact) mass is 672 g/mol. The first-order chi connectivity index (χ1) is 22.0. The molecule has 250 valence electrons. The Hall–Kier alpha value is -3.71. The van der Waals surface area contributed by atoms with Gasteiger partial charge in [0.25, 0.3) is 11.8 Å². The number of hydrogen-bond donors (Lipinski definition) is 4. The van der Waals surface area contributed by atoms with Crippen LogP contribution in [0.1, 0.15) is 68.8 Å². The van der Waals surface area contributed by atoms with Gasteiger partial charge in [0.1, 0.15) is 17.8 Å². The maximum atomic E-state index is 13.5. The van der Waals surface area contributed by atoms with Crippen LogP contribution in [0.3, 0.4) is 0 Å². The molecule has 11 nitrogen and oxygen atoms in total. The minimum atomic E-state index is -1.18. The van der Waals surface area contributed by atoms with E-state index in [9.17, 15) is 28.2 Å². The summed E-state index contributed by atoms with van der Waals surface area (Å²) in [5, 5.41) is 10.9. The fraction of sp³-hybridized carbons (Fsp3) is 0.485. The summed E-state index contributed by atoms with van der Waals surface area (Å²) in [6.07, 6.45) is 3.50. The molecule has 4 amide bonds. The molecule has 0 radical (unpaired) electrons. The van der Waals surface area contributed by atoms with Gasteiger partial charge in [0.2, 0.25) is 17.6 Å². The maximum absolute atomic E-state index is 13.5. The van der Waals surface area contributed by atoms with Crippen LogP contribution in [-0.2, 0) is 35.4 Å². The number of unbranched alkanes of at least 4 members (excludes halogenated alkanes) is 1. The SMILES string of the molecule is CCNC(=O)C(=O)[C@H](Cc1ccc(OC)cc1)NC(=O)[C@@H](NC(=O)c1ccccc1NC(=O)CCCCC1CCSS1=O)C(C)C. The Morgan fingerprint density at radius 1 is 1.00 bits per heavy atom. The van der Waals surface area contributed by atoms with E-state index < -0.39 is 45.4 Å². The van der Waals surface area contributed by atoms with E-state index in [2.05, 4.69) is 21.3 Å². The molecular weight excluding hydrogens is 629 g/mol. The van der Waals surface area contributed by atoms with Gasteiger partial charge in [0.05, 0.1) is 28.2 Å². The van der Waals surface area contributed by atoms with Crippen LogP contribution < -0.4 is 26.0 Å². The molecule has 4 atom stereocenters. The maximum Gasteiger partial charge on any atom is 0.289 e. The van der Waals surface area contributed by atoms with Gasteiger partial charge in [0, 0.05) is 30.4 Å². The molecule has 1 saturated heterocycles. The van der Waals surface area contributed by atoms with Gasteiger partial charge in [-0.05, 0) is 61.9 Å². The lowest BCUT2D eigenvalue weighted by Gasteiger charge is -2.25. The van der Waals surface area contributed by atoms with Crippen LogP contribution in [0.5, 0.6) is 5.75 Å². The topological polar surface area (TPSA) is 160 Å². The first kappa shape index (κ1) is 36.8. The van der Waals surface area contributed by atoms with Gasteiger partial charge in [-0.15, -0.1) is 0 Å². The fourth-order valence-electron chi connectivity index (χ4n) is 4.98. The largest absolute Gasteiger partial charge is 0.497 e. The number of anilines is 1. The number of likely N-dealkylation sites (N-methyl/N-ethyl adjacent to an activating group) is 1. The molecule has 4 N–H and O–H groups in total. The minimum Gasteiger partial charge on any atom is -0.497 e. The highest BCUT2D eigenvalue weighted by Gasteiger charge is 2.32. The number of nitrogens with one attached hydrogen (secondary N) is 4. The Kier molecular flexibility index (Phi) is 14.7. The zero-order chi connectivity index (χ0) is 33.6. The number of Topliss-reactive ketones (excluding diaryl/α,β-unsaturated/α-hetero) is 1. The molecule has 13 heteroatoms. The van der Waals surface area contributed by atoms with E-state index in [0.29, 0.717) is 23.4 Å². The second-order valence-electron chi connectivity index (χ2n) is 11.4. The Morgan fingerprint density at radius 2 is 1.72 bits per heavy atom. The molecule has 0 aliphatic carbocycles. The molecule has 1 aliphatic rings. The lowest BCUT2D eigenvalue weighted by molar-refractivity contribution is -0.140.